The lowest BCUT2D eigenvalue weighted by Gasteiger charge is -1.98. The van der Waals surface area contributed by atoms with Gasteiger partial charge in [-0.2, -0.15) is 4.99 Å². The molecule has 0 atom stereocenters. The zero-order chi connectivity index (χ0) is 12.1. The van der Waals surface area contributed by atoms with Crippen molar-refractivity contribution in [3.8, 4) is 0 Å². The SMILES string of the molecule is Cc1ccc(F)cc1/C=C/C(=O)N=C(N)N. The highest BCUT2D eigenvalue weighted by molar-refractivity contribution is 5.99. The van der Waals surface area contributed by atoms with Crippen molar-refractivity contribution in [2.24, 2.45) is 16.5 Å². The van der Waals surface area contributed by atoms with Crippen LogP contribution in [0.3, 0.4) is 0 Å². The van der Waals surface area contributed by atoms with Crippen molar-refractivity contribution >= 4 is 17.9 Å². The predicted molar refractivity (Wildman–Crippen MR) is 61.0 cm³/mol. The molecule has 1 aromatic rings. The maximum Gasteiger partial charge on any atom is 0.272 e. The van der Waals surface area contributed by atoms with Gasteiger partial charge >= 0.3 is 0 Å². The van der Waals surface area contributed by atoms with Crippen LogP contribution in [0.15, 0.2) is 29.3 Å². The number of hydrogen-bond acceptors (Lipinski definition) is 1. The molecule has 0 aliphatic heterocycles. The molecule has 0 fully saturated rings. The molecule has 0 aliphatic rings. The second-order valence-corrected chi connectivity index (χ2v) is 3.21. The Kier molecular flexibility index (Phi) is 3.77. The lowest BCUT2D eigenvalue weighted by Crippen LogP contribution is -2.23. The Morgan fingerprint density at radius 1 is 1.44 bits per heavy atom. The fraction of sp³-hybridized carbons (Fsp3) is 0.0909. The van der Waals surface area contributed by atoms with Crippen LogP contribution in [0.25, 0.3) is 6.08 Å². The molecule has 5 heteroatoms. The average molecular weight is 221 g/mol. The van der Waals surface area contributed by atoms with E-state index in [0.717, 1.165) is 5.56 Å². The highest BCUT2D eigenvalue weighted by Gasteiger charge is 1.98. The number of guanidine groups is 1. The third kappa shape index (κ3) is 3.53. The number of aliphatic imine (C=N–C) groups is 1. The fourth-order valence-electron chi connectivity index (χ4n) is 1.12. The first-order valence-electron chi connectivity index (χ1n) is 4.57. The molecule has 0 unspecified atom stereocenters. The van der Waals surface area contributed by atoms with Gasteiger partial charge in [0.25, 0.3) is 5.91 Å². The molecule has 0 aliphatic carbocycles. The van der Waals surface area contributed by atoms with Crippen molar-refractivity contribution in [2.75, 3.05) is 0 Å². The van der Waals surface area contributed by atoms with E-state index in [0.29, 0.717) is 5.56 Å². The van der Waals surface area contributed by atoms with Crippen LogP contribution < -0.4 is 11.5 Å². The van der Waals surface area contributed by atoms with Crippen molar-refractivity contribution < 1.29 is 9.18 Å². The monoisotopic (exact) mass is 221 g/mol. The van der Waals surface area contributed by atoms with E-state index >= 15 is 0 Å². The minimum Gasteiger partial charge on any atom is -0.370 e. The molecule has 84 valence electrons. The Morgan fingerprint density at radius 2 is 2.12 bits per heavy atom. The maximum atomic E-state index is 12.9. The van der Waals surface area contributed by atoms with Crippen molar-refractivity contribution in [1.82, 2.24) is 0 Å². The van der Waals surface area contributed by atoms with Crippen LogP contribution in [0, 0.1) is 12.7 Å². The number of carbonyl (C=O) groups is 1. The van der Waals surface area contributed by atoms with Gasteiger partial charge in [0.15, 0.2) is 5.96 Å². The van der Waals surface area contributed by atoms with E-state index in [2.05, 4.69) is 4.99 Å². The number of nitrogens with zero attached hydrogens (tertiary/aromatic N) is 1. The van der Waals surface area contributed by atoms with E-state index in [1.54, 1.807) is 6.07 Å². The summed E-state index contributed by atoms with van der Waals surface area (Å²) in [5.74, 6) is -1.24. The molecular weight excluding hydrogens is 209 g/mol. The van der Waals surface area contributed by atoms with Crippen molar-refractivity contribution in [3.63, 3.8) is 0 Å². The van der Waals surface area contributed by atoms with Crippen LogP contribution in [0.5, 0.6) is 0 Å². The van der Waals surface area contributed by atoms with Gasteiger partial charge in [-0.05, 0) is 36.3 Å². The highest BCUT2D eigenvalue weighted by atomic mass is 19.1. The molecule has 0 spiro atoms. The first-order valence-corrected chi connectivity index (χ1v) is 4.57. The summed E-state index contributed by atoms with van der Waals surface area (Å²) in [6, 6.07) is 4.30. The predicted octanol–water partition coefficient (Wildman–Crippen LogP) is 0.947. The van der Waals surface area contributed by atoms with Gasteiger partial charge in [0.2, 0.25) is 0 Å². The molecule has 1 amide bonds. The quantitative estimate of drug-likeness (QED) is 0.443. The van der Waals surface area contributed by atoms with Gasteiger partial charge in [0.05, 0.1) is 0 Å². The molecule has 0 saturated carbocycles. The smallest absolute Gasteiger partial charge is 0.272 e. The zero-order valence-electron chi connectivity index (χ0n) is 8.77. The summed E-state index contributed by atoms with van der Waals surface area (Å²) >= 11 is 0. The van der Waals surface area contributed by atoms with Gasteiger partial charge in [-0.15, -0.1) is 0 Å². The van der Waals surface area contributed by atoms with Gasteiger partial charge in [-0.25, -0.2) is 4.39 Å². The second kappa shape index (κ2) is 5.06. The Balaban J connectivity index is 2.88. The van der Waals surface area contributed by atoms with Gasteiger partial charge in [0.1, 0.15) is 5.82 Å². The van der Waals surface area contributed by atoms with Crippen LogP contribution in [0.1, 0.15) is 11.1 Å². The zero-order valence-corrected chi connectivity index (χ0v) is 8.77. The number of hydrogen-bond donors (Lipinski definition) is 2. The topological polar surface area (TPSA) is 81.5 Å². The maximum absolute atomic E-state index is 12.9. The molecule has 0 bridgehead atoms. The molecular formula is C11H12FN3O. The van der Waals surface area contributed by atoms with Gasteiger partial charge in [-0.3, -0.25) is 4.79 Å². The molecule has 0 saturated heterocycles. The molecule has 1 aromatic carbocycles. The van der Waals surface area contributed by atoms with Gasteiger partial charge in [-0.1, -0.05) is 6.07 Å². The summed E-state index contributed by atoms with van der Waals surface area (Å²) in [5.41, 5.74) is 11.5. The minimum atomic E-state index is -0.580. The van der Waals surface area contributed by atoms with Crippen LogP contribution in [-0.4, -0.2) is 11.9 Å². The molecule has 16 heavy (non-hydrogen) atoms. The summed E-state index contributed by atoms with van der Waals surface area (Å²) in [6.45, 7) is 1.81. The standard InChI is InChI=1S/C11H12FN3O/c1-7-2-4-9(12)6-8(7)3-5-10(16)15-11(13)14/h2-6H,1H3,(H4,13,14,15,16)/b5-3+. The lowest BCUT2D eigenvalue weighted by atomic mass is 10.1. The normalized spacial score (nSPS) is 10.4. The van der Waals surface area contributed by atoms with Crippen molar-refractivity contribution in [1.29, 1.82) is 0 Å². The second-order valence-electron chi connectivity index (χ2n) is 3.21. The van der Waals surface area contributed by atoms with E-state index in [1.807, 2.05) is 6.92 Å². The fourth-order valence-corrected chi connectivity index (χ4v) is 1.12. The number of rotatable bonds is 2. The molecule has 4 N–H and O–H groups in total. The van der Waals surface area contributed by atoms with Crippen molar-refractivity contribution in [2.45, 2.75) is 6.92 Å². The Labute approximate surface area is 92.5 Å². The van der Waals surface area contributed by atoms with Crippen LogP contribution >= 0.6 is 0 Å². The molecule has 0 radical (unpaired) electrons. The van der Waals surface area contributed by atoms with Crippen LogP contribution in [-0.2, 0) is 4.79 Å². The number of halogens is 1. The average Bonchev–Trinajstić information content (AvgIpc) is 2.18. The first-order chi connectivity index (χ1) is 7.49. The van der Waals surface area contributed by atoms with Crippen LogP contribution in [0.4, 0.5) is 4.39 Å². The van der Waals surface area contributed by atoms with Gasteiger partial charge in [0, 0.05) is 6.08 Å². The van der Waals surface area contributed by atoms with E-state index in [4.69, 9.17) is 11.5 Å². The lowest BCUT2D eigenvalue weighted by molar-refractivity contribution is -0.113. The summed E-state index contributed by atoms with van der Waals surface area (Å²) in [5, 5.41) is 0. The van der Waals surface area contributed by atoms with E-state index in [-0.39, 0.29) is 11.8 Å². The summed E-state index contributed by atoms with van der Waals surface area (Å²) in [6.07, 6.45) is 2.65. The van der Waals surface area contributed by atoms with Gasteiger partial charge < -0.3 is 11.5 Å². The molecule has 1 rings (SSSR count). The minimum absolute atomic E-state index is 0.300. The number of benzene rings is 1. The Hall–Kier alpha value is -2.17. The number of nitrogens with two attached hydrogens (primary N) is 2. The number of aryl methyl sites for hydroxylation is 1. The van der Waals surface area contributed by atoms with Crippen LogP contribution in [0.2, 0.25) is 0 Å². The summed E-state index contributed by atoms with van der Waals surface area (Å²) in [4.78, 5) is 14.4. The Bertz CT molecular complexity index is 462. The van der Waals surface area contributed by atoms with E-state index in [1.165, 1.54) is 24.3 Å². The summed E-state index contributed by atoms with van der Waals surface area (Å²) in [7, 11) is 0. The largest absolute Gasteiger partial charge is 0.370 e. The Morgan fingerprint density at radius 3 is 2.75 bits per heavy atom. The summed E-state index contributed by atoms with van der Waals surface area (Å²) < 4.78 is 12.9. The first kappa shape index (κ1) is 11.9. The highest BCUT2D eigenvalue weighted by Crippen LogP contribution is 2.11. The number of carbonyl (C=O) groups excluding carboxylic acids is 1. The van der Waals surface area contributed by atoms with Crippen molar-refractivity contribution in [3.05, 3.63) is 41.2 Å². The molecule has 4 nitrogen and oxygen atoms in total. The van der Waals surface area contributed by atoms with E-state index in [9.17, 15) is 9.18 Å². The number of amides is 1. The molecule has 0 aromatic heterocycles. The third-order valence-corrected chi connectivity index (χ3v) is 1.89. The third-order valence-electron chi connectivity index (χ3n) is 1.89. The molecule has 0 heterocycles. The van der Waals surface area contributed by atoms with E-state index < -0.39 is 5.91 Å².